The lowest BCUT2D eigenvalue weighted by atomic mass is 10.0. The third kappa shape index (κ3) is 7.06. The molecule has 0 unspecified atom stereocenters. The van der Waals surface area contributed by atoms with Crippen molar-refractivity contribution in [3.8, 4) is 5.75 Å². The number of aliphatic hydroxyl groups excluding tert-OH is 1. The van der Waals surface area contributed by atoms with Crippen molar-refractivity contribution < 1.29 is 31.5 Å². The molecule has 0 fully saturated rings. The van der Waals surface area contributed by atoms with Crippen LogP contribution in [0.5, 0.6) is 5.75 Å². The first-order valence-electron chi connectivity index (χ1n) is 13.1. The maximum Gasteiger partial charge on any atom is 0.261 e. The van der Waals surface area contributed by atoms with Crippen molar-refractivity contribution >= 4 is 43.2 Å². The lowest BCUT2D eigenvalue weighted by molar-refractivity contribution is -0.134. The molecule has 3 atom stereocenters. The number of rotatable bonds is 9. The van der Waals surface area contributed by atoms with Gasteiger partial charge in [0.15, 0.2) is 5.03 Å². The zero-order valence-electron chi connectivity index (χ0n) is 23.6. The predicted molar refractivity (Wildman–Crippen MR) is 157 cm³/mol. The molecule has 0 saturated heterocycles. The molecule has 0 saturated carbocycles. The van der Waals surface area contributed by atoms with Gasteiger partial charge in [0.05, 0.1) is 36.8 Å². The number of anilines is 1. The van der Waals surface area contributed by atoms with E-state index in [1.807, 2.05) is 6.92 Å². The van der Waals surface area contributed by atoms with Gasteiger partial charge in [0, 0.05) is 49.0 Å². The number of carbonyl (C=O) groups excluding carboxylic acids is 1. The molecule has 1 amide bonds. The van der Waals surface area contributed by atoms with E-state index in [9.17, 15) is 26.7 Å². The minimum atomic E-state index is -3.96. The molecule has 12 nitrogen and oxygen atoms in total. The second-order valence-electron chi connectivity index (χ2n) is 10.4. The van der Waals surface area contributed by atoms with Crippen molar-refractivity contribution in [2.45, 2.75) is 42.3 Å². The van der Waals surface area contributed by atoms with Crippen molar-refractivity contribution in [1.29, 1.82) is 0 Å². The Morgan fingerprint density at radius 2 is 1.88 bits per heavy atom. The van der Waals surface area contributed by atoms with Crippen LogP contribution in [0.4, 0.5) is 5.69 Å². The summed E-state index contributed by atoms with van der Waals surface area (Å²) in [6.45, 7) is 3.43. The van der Waals surface area contributed by atoms with E-state index in [0.717, 1.165) is 4.31 Å². The van der Waals surface area contributed by atoms with E-state index in [0.29, 0.717) is 16.3 Å². The molecule has 1 aliphatic rings. The van der Waals surface area contributed by atoms with Gasteiger partial charge in [-0.05, 0) is 49.4 Å². The summed E-state index contributed by atoms with van der Waals surface area (Å²) in [5, 5.41) is 10.1. The number of carbonyl (C=O) groups is 1. The number of fused-ring (bicyclic) bond motifs is 1. The van der Waals surface area contributed by atoms with Crippen LogP contribution < -0.4 is 9.46 Å². The maximum atomic E-state index is 13.4. The monoisotopic (exact) mass is 639 g/mol. The molecule has 0 bridgehead atoms. The standard InChI is InChI=1S/C27H34ClN5O7S2/c1-18-13-33(19(2)16-34)27(35)12-20-11-22(30-41(36,37)23-8-5-21(28)6-9-23)7-10-24(20)40-25(18)14-32(4)42(38,39)26-15-31(3)17-29-26/h5-11,15,17-19,25,30,34H,12-14,16H2,1-4H3/t18-,19-,25-/m0/s1. The van der Waals surface area contributed by atoms with Crippen molar-refractivity contribution in [1.82, 2.24) is 18.8 Å². The highest BCUT2D eigenvalue weighted by atomic mass is 35.5. The molecule has 0 radical (unpaired) electrons. The molecule has 0 aliphatic carbocycles. The molecule has 42 heavy (non-hydrogen) atoms. The van der Waals surface area contributed by atoms with Gasteiger partial charge in [-0.25, -0.2) is 21.8 Å². The third-order valence-electron chi connectivity index (χ3n) is 7.09. The van der Waals surface area contributed by atoms with Gasteiger partial charge < -0.3 is 19.3 Å². The van der Waals surface area contributed by atoms with Crippen molar-refractivity contribution in [3.63, 3.8) is 0 Å². The van der Waals surface area contributed by atoms with E-state index in [-0.39, 0.29) is 53.6 Å². The van der Waals surface area contributed by atoms with Gasteiger partial charge in [0.25, 0.3) is 20.0 Å². The highest BCUT2D eigenvalue weighted by Crippen LogP contribution is 2.30. The van der Waals surface area contributed by atoms with Gasteiger partial charge in [-0.2, -0.15) is 4.31 Å². The van der Waals surface area contributed by atoms with E-state index in [4.69, 9.17) is 16.3 Å². The average molecular weight is 640 g/mol. The fourth-order valence-electron chi connectivity index (χ4n) is 4.57. The molecular weight excluding hydrogens is 606 g/mol. The van der Waals surface area contributed by atoms with E-state index in [2.05, 4.69) is 9.71 Å². The number of imidazole rings is 1. The molecule has 1 aliphatic heterocycles. The van der Waals surface area contributed by atoms with E-state index in [1.165, 1.54) is 65.4 Å². The second kappa shape index (κ2) is 12.6. The predicted octanol–water partition coefficient (Wildman–Crippen LogP) is 2.34. The topological polar surface area (TPSA) is 151 Å². The van der Waals surface area contributed by atoms with Crippen LogP contribution >= 0.6 is 11.6 Å². The Kier molecular flexibility index (Phi) is 9.52. The van der Waals surface area contributed by atoms with Crippen LogP contribution in [-0.2, 0) is 38.3 Å². The van der Waals surface area contributed by atoms with Gasteiger partial charge >= 0.3 is 0 Å². The number of amides is 1. The van der Waals surface area contributed by atoms with Gasteiger partial charge in [-0.15, -0.1) is 0 Å². The quantitative estimate of drug-likeness (QED) is 0.362. The number of hydrogen-bond acceptors (Lipinski definition) is 8. The molecule has 1 aromatic heterocycles. The Bertz CT molecular complexity index is 1650. The molecular formula is C27H34ClN5O7S2. The van der Waals surface area contributed by atoms with Crippen LogP contribution in [0.15, 0.2) is 64.9 Å². The summed E-state index contributed by atoms with van der Waals surface area (Å²) < 4.78 is 63.9. The van der Waals surface area contributed by atoms with Crippen molar-refractivity contribution in [2.24, 2.45) is 13.0 Å². The number of aromatic nitrogens is 2. The Morgan fingerprint density at radius 3 is 2.50 bits per heavy atom. The highest BCUT2D eigenvalue weighted by Gasteiger charge is 2.34. The number of aryl methyl sites for hydroxylation is 1. The Morgan fingerprint density at radius 1 is 1.19 bits per heavy atom. The fourth-order valence-corrected chi connectivity index (χ4v) is 6.89. The van der Waals surface area contributed by atoms with Gasteiger partial charge in [0.1, 0.15) is 11.9 Å². The van der Waals surface area contributed by atoms with E-state index < -0.39 is 32.2 Å². The zero-order chi connectivity index (χ0) is 30.8. The largest absolute Gasteiger partial charge is 0.488 e. The van der Waals surface area contributed by atoms with Crippen LogP contribution in [0, 0.1) is 5.92 Å². The zero-order valence-corrected chi connectivity index (χ0v) is 26.0. The van der Waals surface area contributed by atoms with Crippen molar-refractivity contribution in [3.05, 3.63) is 65.6 Å². The molecule has 15 heteroatoms. The minimum Gasteiger partial charge on any atom is -0.488 e. The summed E-state index contributed by atoms with van der Waals surface area (Å²) in [6.07, 6.45) is 1.97. The second-order valence-corrected chi connectivity index (χ2v) is 14.5. The van der Waals surface area contributed by atoms with Gasteiger partial charge in [-0.1, -0.05) is 18.5 Å². The first-order chi connectivity index (χ1) is 19.7. The number of aliphatic hydroxyl groups is 1. The summed E-state index contributed by atoms with van der Waals surface area (Å²) >= 11 is 5.89. The van der Waals surface area contributed by atoms with Crippen LogP contribution in [0.3, 0.4) is 0 Å². The summed E-state index contributed by atoms with van der Waals surface area (Å²) in [6, 6.07) is 9.77. The highest BCUT2D eigenvalue weighted by molar-refractivity contribution is 7.92. The number of sulfonamides is 2. The lowest BCUT2D eigenvalue weighted by Crippen LogP contribution is -2.48. The third-order valence-corrected chi connectivity index (χ3v) is 10.4. The fraction of sp³-hybridized carbons (Fsp3) is 0.407. The first kappa shape index (κ1) is 31.8. The first-order valence-corrected chi connectivity index (χ1v) is 16.4. The van der Waals surface area contributed by atoms with Crippen LogP contribution in [0.1, 0.15) is 19.4 Å². The number of nitrogens with zero attached hydrogens (tertiary/aromatic N) is 4. The molecule has 2 heterocycles. The minimum absolute atomic E-state index is 0.0109. The average Bonchev–Trinajstić information content (AvgIpc) is 3.39. The summed E-state index contributed by atoms with van der Waals surface area (Å²) in [5.74, 6) is -0.323. The molecule has 228 valence electrons. The van der Waals surface area contributed by atoms with Gasteiger partial charge in [-0.3, -0.25) is 9.52 Å². The number of benzene rings is 2. The van der Waals surface area contributed by atoms with Crippen molar-refractivity contribution in [2.75, 3.05) is 31.5 Å². The normalized spacial score (nSPS) is 18.9. The molecule has 0 spiro atoms. The molecule has 3 aromatic rings. The number of halogens is 1. The van der Waals surface area contributed by atoms with Crippen LogP contribution in [0.25, 0.3) is 0 Å². The Hall–Kier alpha value is -3.17. The summed E-state index contributed by atoms with van der Waals surface area (Å²) in [7, 11) is -4.79. The number of nitrogens with one attached hydrogen (secondary N) is 1. The number of likely N-dealkylation sites (N-methyl/N-ethyl adjacent to an activating group) is 1. The van der Waals surface area contributed by atoms with E-state index in [1.54, 1.807) is 20.0 Å². The smallest absolute Gasteiger partial charge is 0.261 e. The lowest BCUT2D eigenvalue weighted by Gasteiger charge is -2.33. The van der Waals surface area contributed by atoms with Crippen LogP contribution in [-0.4, -0.2) is 85.5 Å². The summed E-state index contributed by atoms with van der Waals surface area (Å²) in [5.41, 5.74) is 0.612. The van der Waals surface area contributed by atoms with Crippen LogP contribution in [0.2, 0.25) is 5.02 Å². The molecule has 2 aromatic carbocycles. The Balaban J connectivity index is 1.68. The number of ether oxygens (including phenoxy) is 1. The van der Waals surface area contributed by atoms with Gasteiger partial charge in [0.2, 0.25) is 5.91 Å². The SMILES string of the molecule is C[C@H]1CN([C@@H](C)CO)C(=O)Cc2cc(NS(=O)(=O)c3ccc(Cl)cc3)ccc2O[C@H]1CN(C)S(=O)(=O)c1cn(C)cn1. The van der Waals surface area contributed by atoms with E-state index >= 15 is 0 Å². The molecule has 4 rings (SSSR count). The number of hydrogen-bond donors (Lipinski definition) is 2. The summed E-state index contributed by atoms with van der Waals surface area (Å²) in [4.78, 5) is 19.0. The molecule has 2 N–H and O–H groups in total. The maximum absolute atomic E-state index is 13.4. The Labute approximate surface area is 251 Å².